The Morgan fingerprint density at radius 1 is 1.52 bits per heavy atom. The quantitative estimate of drug-likeness (QED) is 0.731. The predicted octanol–water partition coefficient (Wildman–Crippen LogP) is 0.189. The Morgan fingerprint density at radius 2 is 2.29 bits per heavy atom. The van der Waals surface area contributed by atoms with E-state index in [4.69, 9.17) is 19.4 Å². The van der Waals surface area contributed by atoms with Crippen molar-refractivity contribution in [2.75, 3.05) is 26.3 Å². The van der Waals surface area contributed by atoms with Gasteiger partial charge in [0.2, 0.25) is 0 Å². The SMILES string of the molecule is Cc1oc(CNC(=O)N2CCOC(CO)C2)cc1C(=O)O. The number of aliphatic hydroxyl groups excluding tert-OH is 1. The molecular weight excluding hydrogens is 280 g/mol. The minimum absolute atomic E-state index is 0.0889. The van der Waals surface area contributed by atoms with E-state index in [0.717, 1.165) is 0 Å². The van der Waals surface area contributed by atoms with Crippen molar-refractivity contribution in [3.05, 3.63) is 23.2 Å². The zero-order valence-electron chi connectivity index (χ0n) is 11.7. The van der Waals surface area contributed by atoms with Gasteiger partial charge in [-0.25, -0.2) is 9.59 Å². The van der Waals surface area contributed by atoms with Crippen LogP contribution in [0.3, 0.4) is 0 Å². The average Bonchev–Trinajstić information content (AvgIpc) is 2.86. The maximum Gasteiger partial charge on any atom is 0.339 e. The number of carbonyl (C=O) groups excluding carboxylic acids is 1. The highest BCUT2D eigenvalue weighted by atomic mass is 16.5. The van der Waals surface area contributed by atoms with E-state index in [9.17, 15) is 9.59 Å². The van der Waals surface area contributed by atoms with Crippen LogP contribution in [0.2, 0.25) is 0 Å². The number of amides is 2. The molecule has 0 radical (unpaired) electrons. The highest BCUT2D eigenvalue weighted by Crippen LogP contribution is 2.14. The van der Waals surface area contributed by atoms with E-state index >= 15 is 0 Å². The smallest absolute Gasteiger partial charge is 0.339 e. The summed E-state index contributed by atoms with van der Waals surface area (Å²) < 4.78 is 10.5. The number of ether oxygens (including phenoxy) is 1. The molecule has 1 saturated heterocycles. The lowest BCUT2D eigenvalue weighted by atomic mass is 10.2. The van der Waals surface area contributed by atoms with Crippen molar-refractivity contribution < 1.29 is 29.0 Å². The molecule has 2 heterocycles. The van der Waals surface area contributed by atoms with E-state index in [1.54, 1.807) is 6.92 Å². The molecule has 1 aromatic heterocycles. The van der Waals surface area contributed by atoms with Crippen molar-refractivity contribution in [3.63, 3.8) is 0 Å². The largest absolute Gasteiger partial charge is 0.478 e. The number of carbonyl (C=O) groups is 2. The zero-order valence-corrected chi connectivity index (χ0v) is 11.7. The molecule has 0 aliphatic carbocycles. The maximum absolute atomic E-state index is 12.0. The number of carboxylic acids is 1. The van der Waals surface area contributed by atoms with Crippen LogP contribution in [0, 0.1) is 6.92 Å². The van der Waals surface area contributed by atoms with Crippen LogP contribution in [-0.2, 0) is 11.3 Å². The monoisotopic (exact) mass is 298 g/mol. The molecular formula is C13H18N2O6. The van der Waals surface area contributed by atoms with Crippen LogP contribution in [0.1, 0.15) is 21.9 Å². The predicted molar refractivity (Wildman–Crippen MR) is 71.0 cm³/mol. The van der Waals surface area contributed by atoms with E-state index < -0.39 is 5.97 Å². The topological polar surface area (TPSA) is 112 Å². The second kappa shape index (κ2) is 6.59. The number of urea groups is 1. The normalized spacial score (nSPS) is 18.6. The van der Waals surface area contributed by atoms with E-state index in [0.29, 0.717) is 31.2 Å². The number of carboxylic acid groups (broad SMARTS) is 1. The van der Waals surface area contributed by atoms with E-state index in [1.165, 1.54) is 11.0 Å². The molecule has 0 aromatic carbocycles. The molecule has 0 spiro atoms. The Hall–Kier alpha value is -2.06. The number of rotatable bonds is 4. The highest BCUT2D eigenvalue weighted by Gasteiger charge is 2.23. The number of aliphatic hydroxyl groups is 1. The van der Waals surface area contributed by atoms with E-state index in [-0.39, 0.29) is 30.9 Å². The van der Waals surface area contributed by atoms with E-state index in [2.05, 4.69) is 5.32 Å². The Morgan fingerprint density at radius 3 is 2.90 bits per heavy atom. The number of hydrogen-bond acceptors (Lipinski definition) is 5. The summed E-state index contributed by atoms with van der Waals surface area (Å²) in [4.78, 5) is 24.4. The van der Waals surface area contributed by atoms with Crippen molar-refractivity contribution >= 4 is 12.0 Å². The molecule has 8 nitrogen and oxygen atoms in total. The third-order valence-electron chi connectivity index (χ3n) is 3.24. The lowest BCUT2D eigenvalue weighted by molar-refractivity contribution is -0.0403. The fourth-order valence-corrected chi connectivity index (χ4v) is 2.13. The summed E-state index contributed by atoms with van der Waals surface area (Å²) in [5.41, 5.74) is 0.0889. The molecule has 1 unspecified atom stereocenters. The molecule has 2 amide bonds. The number of furan rings is 1. The number of hydrogen-bond donors (Lipinski definition) is 3. The minimum atomic E-state index is -1.06. The Bertz CT molecular complexity index is 527. The van der Waals surface area contributed by atoms with Crippen LogP contribution in [0.25, 0.3) is 0 Å². The lowest BCUT2D eigenvalue weighted by Gasteiger charge is -2.31. The molecule has 1 aliphatic heterocycles. The second-order valence-corrected chi connectivity index (χ2v) is 4.77. The molecule has 1 atom stereocenters. The first-order valence-electron chi connectivity index (χ1n) is 6.59. The summed E-state index contributed by atoms with van der Waals surface area (Å²) in [7, 11) is 0. The summed E-state index contributed by atoms with van der Waals surface area (Å²) in [6.45, 7) is 2.67. The van der Waals surface area contributed by atoms with Crippen LogP contribution in [-0.4, -0.2) is 59.5 Å². The molecule has 2 rings (SSSR count). The maximum atomic E-state index is 12.0. The van der Waals surface area contributed by atoms with E-state index in [1.807, 2.05) is 0 Å². The molecule has 0 bridgehead atoms. The molecule has 1 aromatic rings. The number of aromatic carboxylic acids is 1. The van der Waals surface area contributed by atoms with Gasteiger partial charge in [-0.2, -0.15) is 0 Å². The van der Waals surface area contributed by atoms with Gasteiger partial charge < -0.3 is 29.6 Å². The minimum Gasteiger partial charge on any atom is -0.478 e. The van der Waals surface area contributed by atoms with Crippen LogP contribution < -0.4 is 5.32 Å². The molecule has 8 heteroatoms. The molecule has 21 heavy (non-hydrogen) atoms. The lowest BCUT2D eigenvalue weighted by Crippen LogP contribution is -2.50. The van der Waals surface area contributed by atoms with Crippen molar-refractivity contribution in [1.82, 2.24) is 10.2 Å². The summed E-state index contributed by atoms with van der Waals surface area (Å²) in [6, 6.07) is 1.09. The fourth-order valence-electron chi connectivity index (χ4n) is 2.13. The van der Waals surface area contributed by atoms with Gasteiger partial charge in [0, 0.05) is 6.54 Å². The van der Waals surface area contributed by atoms with Gasteiger partial charge >= 0.3 is 12.0 Å². The van der Waals surface area contributed by atoms with Gasteiger partial charge in [-0.3, -0.25) is 0 Å². The van der Waals surface area contributed by atoms with Crippen molar-refractivity contribution in [3.8, 4) is 0 Å². The number of morpholine rings is 1. The Kier molecular flexibility index (Phi) is 4.81. The second-order valence-electron chi connectivity index (χ2n) is 4.77. The molecule has 0 saturated carbocycles. The van der Waals surface area contributed by atoms with Gasteiger partial charge in [0.05, 0.1) is 32.4 Å². The average molecular weight is 298 g/mol. The molecule has 3 N–H and O–H groups in total. The first-order valence-corrected chi connectivity index (χ1v) is 6.59. The molecule has 1 fully saturated rings. The number of nitrogens with one attached hydrogen (secondary N) is 1. The van der Waals surface area contributed by atoms with Gasteiger partial charge in [-0.05, 0) is 13.0 Å². The van der Waals surface area contributed by atoms with Gasteiger partial charge in [0.1, 0.15) is 17.1 Å². The molecule has 116 valence electrons. The van der Waals surface area contributed by atoms with Crippen molar-refractivity contribution in [2.45, 2.75) is 19.6 Å². The number of nitrogens with zero attached hydrogens (tertiary/aromatic N) is 1. The fraction of sp³-hybridized carbons (Fsp3) is 0.538. The zero-order chi connectivity index (χ0) is 15.4. The number of aryl methyl sites for hydroxylation is 1. The summed E-state index contributed by atoms with van der Waals surface area (Å²) in [5, 5.41) is 20.6. The Balaban J connectivity index is 1.89. The van der Waals surface area contributed by atoms with Crippen molar-refractivity contribution in [2.24, 2.45) is 0 Å². The first kappa shape index (κ1) is 15.3. The van der Waals surface area contributed by atoms with Crippen LogP contribution in [0.4, 0.5) is 4.79 Å². The van der Waals surface area contributed by atoms with Gasteiger partial charge in [0.25, 0.3) is 0 Å². The Labute approximate surface area is 121 Å². The van der Waals surface area contributed by atoms with Crippen LogP contribution in [0.5, 0.6) is 0 Å². The highest BCUT2D eigenvalue weighted by molar-refractivity contribution is 5.88. The van der Waals surface area contributed by atoms with Crippen LogP contribution in [0.15, 0.2) is 10.5 Å². The standard InChI is InChI=1S/C13H18N2O6/c1-8-11(12(17)18)4-9(21-8)5-14-13(19)15-2-3-20-10(6-15)7-16/h4,10,16H,2-3,5-7H2,1H3,(H,14,19)(H,17,18). The molecule has 1 aliphatic rings. The van der Waals surface area contributed by atoms with Gasteiger partial charge in [-0.1, -0.05) is 0 Å². The summed E-state index contributed by atoms with van der Waals surface area (Å²) in [6.07, 6.45) is -0.367. The third-order valence-corrected chi connectivity index (χ3v) is 3.24. The summed E-state index contributed by atoms with van der Waals surface area (Å²) >= 11 is 0. The van der Waals surface area contributed by atoms with Crippen LogP contribution >= 0.6 is 0 Å². The van der Waals surface area contributed by atoms with Crippen molar-refractivity contribution in [1.29, 1.82) is 0 Å². The first-order chi connectivity index (χ1) is 10.0. The third kappa shape index (κ3) is 3.73. The van der Waals surface area contributed by atoms with Gasteiger partial charge in [0.15, 0.2) is 0 Å². The van der Waals surface area contributed by atoms with Gasteiger partial charge in [-0.15, -0.1) is 0 Å². The summed E-state index contributed by atoms with van der Waals surface area (Å²) in [5.74, 6) is -0.378.